The predicted octanol–water partition coefficient (Wildman–Crippen LogP) is 1.42. The molecule has 2 aromatic carbocycles. The van der Waals surface area contributed by atoms with Crippen LogP contribution >= 0.6 is 12.2 Å². The highest BCUT2D eigenvalue weighted by Gasteiger charge is 2.11. The quantitative estimate of drug-likeness (QED) is 0.437. The van der Waals surface area contributed by atoms with Crippen LogP contribution in [0.4, 0.5) is 0 Å². The van der Waals surface area contributed by atoms with Crippen molar-refractivity contribution >= 4 is 35.1 Å². The lowest BCUT2D eigenvalue weighted by atomic mass is 10.1. The van der Waals surface area contributed by atoms with Crippen LogP contribution in [0.25, 0.3) is 0 Å². The van der Waals surface area contributed by atoms with Crippen molar-refractivity contribution in [3.05, 3.63) is 71.3 Å². The molecule has 0 aliphatic carbocycles. The minimum atomic E-state index is -0.493. The molecule has 0 saturated carbocycles. The van der Waals surface area contributed by atoms with Crippen LogP contribution in [0.2, 0.25) is 0 Å². The molecule has 128 valence electrons. The third-order valence-electron chi connectivity index (χ3n) is 3.12. The number of carbonyl (C=O) groups excluding carboxylic acids is 3. The summed E-state index contributed by atoms with van der Waals surface area (Å²) < 4.78 is 4.58. The van der Waals surface area contributed by atoms with E-state index in [1.54, 1.807) is 30.3 Å². The molecule has 3 N–H and O–H groups in total. The van der Waals surface area contributed by atoms with Crippen LogP contribution in [0.5, 0.6) is 0 Å². The van der Waals surface area contributed by atoms with E-state index in [-0.39, 0.29) is 11.0 Å². The van der Waals surface area contributed by atoms with Gasteiger partial charge in [-0.25, -0.2) is 4.79 Å². The van der Waals surface area contributed by atoms with E-state index in [9.17, 15) is 14.4 Å². The smallest absolute Gasteiger partial charge is 0.337 e. The van der Waals surface area contributed by atoms with Gasteiger partial charge in [0.15, 0.2) is 5.11 Å². The highest BCUT2D eigenvalue weighted by atomic mass is 32.1. The van der Waals surface area contributed by atoms with Gasteiger partial charge in [-0.1, -0.05) is 18.2 Å². The van der Waals surface area contributed by atoms with Gasteiger partial charge in [0.2, 0.25) is 0 Å². The van der Waals surface area contributed by atoms with Crippen LogP contribution < -0.4 is 16.2 Å². The fourth-order valence-electron chi connectivity index (χ4n) is 1.86. The molecule has 2 amide bonds. The van der Waals surface area contributed by atoms with Gasteiger partial charge in [0.05, 0.1) is 12.7 Å². The van der Waals surface area contributed by atoms with Crippen molar-refractivity contribution in [3.8, 4) is 0 Å². The fourth-order valence-corrected chi connectivity index (χ4v) is 2.00. The second-order valence-corrected chi connectivity index (χ2v) is 5.21. The summed E-state index contributed by atoms with van der Waals surface area (Å²) in [5, 5.41) is 2.35. The molecule has 0 aliphatic heterocycles. The summed E-state index contributed by atoms with van der Waals surface area (Å²) in [5.41, 5.74) is 5.90. The lowest BCUT2D eigenvalue weighted by molar-refractivity contribution is 0.0600. The Labute approximate surface area is 149 Å². The molecule has 7 nitrogen and oxygen atoms in total. The maximum atomic E-state index is 12.1. The summed E-state index contributed by atoms with van der Waals surface area (Å²) in [6.07, 6.45) is 0. The summed E-state index contributed by atoms with van der Waals surface area (Å²) >= 11 is 4.95. The van der Waals surface area contributed by atoms with Gasteiger partial charge in [0, 0.05) is 11.1 Å². The number of hydrogen-bond acceptors (Lipinski definition) is 5. The molecule has 8 heteroatoms. The molecule has 0 atom stereocenters. The molecule has 2 aromatic rings. The van der Waals surface area contributed by atoms with Gasteiger partial charge in [-0.15, -0.1) is 0 Å². The van der Waals surface area contributed by atoms with Crippen molar-refractivity contribution < 1.29 is 19.1 Å². The predicted molar refractivity (Wildman–Crippen MR) is 94.9 cm³/mol. The number of thiocarbonyl (C=S) groups is 1. The molecule has 0 unspecified atom stereocenters. The molecule has 0 saturated heterocycles. The van der Waals surface area contributed by atoms with E-state index in [0.717, 1.165) is 0 Å². The second-order valence-electron chi connectivity index (χ2n) is 4.80. The van der Waals surface area contributed by atoms with Crippen molar-refractivity contribution in [3.63, 3.8) is 0 Å². The number of nitrogens with one attached hydrogen (secondary N) is 3. The Balaban J connectivity index is 1.86. The molecule has 0 heterocycles. The number of benzene rings is 2. The first-order valence-corrected chi connectivity index (χ1v) is 7.57. The molecule has 2 rings (SSSR count). The normalized spacial score (nSPS) is 9.64. The van der Waals surface area contributed by atoms with Gasteiger partial charge in [0.1, 0.15) is 0 Å². The Morgan fingerprint density at radius 1 is 0.800 bits per heavy atom. The topological polar surface area (TPSA) is 96.5 Å². The van der Waals surface area contributed by atoms with Gasteiger partial charge in [-0.05, 0) is 48.6 Å². The van der Waals surface area contributed by atoms with E-state index < -0.39 is 11.9 Å². The highest BCUT2D eigenvalue weighted by Crippen LogP contribution is 2.05. The molecule has 0 spiro atoms. The number of hydrogen-bond donors (Lipinski definition) is 3. The van der Waals surface area contributed by atoms with E-state index in [1.165, 1.54) is 31.4 Å². The first-order valence-electron chi connectivity index (χ1n) is 7.16. The Hall–Kier alpha value is -3.26. The molecule has 0 radical (unpaired) electrons. The summed E-state index contributed by atoms with van der Waals surface area (Å²) in [6, 6.07) is 14.4. The van der Waals surface area contributed by atoms with Crippen LogP contribution in [0.15, 0.2) is 54.6 Å². The molecule has 0 aromatic heterocycles. The summed E-state index contributed by atoms with van der Waals surface area (Å²) in [6.45, 7) is 0. The molecular formula is C17H15N3O4S. The number of rotatable bonds is 3. The van der Waals surface area contributed by atoms with Gasteiger partial charge in [-0.2, -0.15) is 0 Å². The third-order valence-corrected chi connectivity index (χ3v) is 3.32. The monoisotopic (exact) mass is 357 g/mol. The van der Waals surface area contributed by atoms with Gasteiger partial charge in [-0.3, -0.25) is 25.8 Å². The maximum Gasteiger partial charge on any atom is 0.337 e. The third kappa shape index (κ3) is 5.11. The maximum absolute atomic E-state index is 12.1. The van der Waals surface area contributed by atoms with Crippen LogP contribution in [0, 0.1) is 0 Å². The van der Waals surface area contributed by atoms with Gasteiger partial charge in [0.25, 0.3) is 11.8 Å². The van der Waals surface area contributed by atoms with Gasteiger partial charge < -0.3 is 4.74 Å². The molecule has 0 bridgehead atoms. The minimum absolute atomic E-state index is 0.0636. The van der Waals surface area contributed by atoms with Crippen LogP contribution in [-0.2, 0) is 4.74 Å². The van der Waals surface area contributed by atoms with E-state index in [0.29, 0.717) is 16.7 Å². The number of hydrazine groups is 1. The van der Waals surface area contributed by atoms with Crippen LogP contribution in [0.3, 0.4) is 0 Å². The first-order chi connectivity index (χ1) is 12.0. The standard InChI is InChI=1S/C17H15N3O4S/c1-24-16(23)13-9-7-12(8-10-13)14(21)18-17(25)20-19-15(22)11-5-3-2-4-6-11/h2-10H,1H3,(H,19,22)(H2,18,20,21,25). The largest absolute Gasteiger partial charge is 0.465 e. The average Bonchev–Trinajstić information content (AvgIpc) is 2.66. The summed E-state index contributed by atoms with van der Waals surface area (Å²) in [4.78, 5) is 35.2. The molecule has 0 fully saturated rings. The zero-order valence-corrected chi connectivity index (χ0v) is 14.1. The van der Waals surface area contributed by atoms with Crippen LogP contribution in [0.1, 0.15) is 31.1 Å². The number of amides is 2. The molecule has 0 aliphatic rings. The Bertz CT molecular complexity index is 791. The van der Waals surface area contributed by atoms with Crippen molar-refractivity contribution in [2.45, 2.75) is 0 Å². The number of methoxy groups -OCH3 is 1. The minimum Gasteiger partial charge on any atom is -0.465 e. The molecular weight excluding hydrogens is 342 g/mol. The van der Waals surface area contributed by atoms with E-state index in [1.807, 2.05) is 0 Å². The number of esters is 1. The van der Waals surface area contributed by atoms with Crippen molar-refractivity contribution in [2.75, 3.05) is 7.11 Å². The zero-order chi connectivity index (χ0) is 18.2. The van der Waals surface area contributed by atoms with Crippen molar-refractivity contribution in [1.29, 1.82) is 0 Å². The van der Waals surface area contributed by atoms with E-state index >= 15 is 0 Å². The van der Waals surface area contributed by atoms with E-state index in [4.69, 9.17) is 12.2 Å². The number of carbonyl (C=O) groups is 3. The first kappa shape index (κ1) is 18.1. The summed E-state index contributed by atoms with van der Waals surface area (Å²) in [5.74, 6) is -1.37. The Morgan fingerprint density at radius 3 is 1.96 bits per heavy atom. The average molecular weight is 357 g/mol. The van der Waals surface area contributed by atoms with Crippen molar-refractivity contribution in [1.82, 2.24) is 16.2 Å². The van der Waals surface area contributed by atoms with Gasteiger partial charge >= 0.3 is 5.97 Å². The zero-order valence-electron chi connectivity index (χ0n) is 13.2. The number of ether oxygens (including phenoxy) is 1. The van der Waals surface area contributed by atoms with E-state index in [2.05, 4.69) is 20.9 Å². The lowest BCUT2D eigenvalue weighted by Crippen LogP contribution is -2.48. The molecule has 25 heavy (non-hydrogen) atoms. The van der Waals surface area contributed by atoms with Crippen molar-refractivity contribution in [2.24, 2.45) is 0 Å². The Kier molecular flexibility index (Phi) is 6.19. The SMILES string of the molecule is COC(=O)c1ccc(C(=O)NC(=S)NNC(=O)c2ccccc2)cc1. The lowest BCUT2D eigenvalue weighted by Gasteiger charge is -2.11. The summed E-state index contributed by atoms with van der Waals surface area (Å²) in [7, 11) is 1.27. The highest BCUT2D eigenvalue weighted by molar-refractivity contribution is 7.80. The second kappa shape index (κ2) is 8.55. The Morgan fingerprint density at radius 2 is 1.36 bits per heavy atom. The van der Waals surface area contributed by atoms with Crippen LogP contribution in [-0.4, -0.2) is 30.0 Å². The fraction of sp³-hybridized carbons (Fsp3) is 0.0588.